The fourth-order valence-electron chi connectivity index (χ4n) is 2.06. The number of ether oxygens (including phenoxy) is 1. The fraction of sp³-hybridized carbons (Fsp3) is 0.133. The number of nitrogens with zero attached hydrogens (tertiary/aromatic N) is 2. The van der Waals surface area contributed by atoms with Crippen LogP contribution in [0.4, 0.5) is 21.9 Å². The molecule has 0 unspecified atom stereocenters. The predicted molar refractivity (Wildman–Crippen MR) is 85.1 cm³/mol. The van der Waals surface area contributed by atoms with Crippen molar-refractivity contribution >= 4 is 23.2 Å². The highest BCUT2D eigenvalue weighted by Crippen LogP contribution is 2.34. The van der Waals surface area contributed by atoms with Crippen molar-refractivity contribution in [2.75, 3.05) is 17.2 Å². The van der Waals surface area contributed by atoms with Crippen LogP contribution in [0.1, 0.15) is 6.92 Å². The lowest BCUT2D eigenvalue weighted by Gasteiger charge is -2.20. The zero-order valence-electron chi connectivity index (χ0n) is 12.3. The number of nitro groups is 1. The van der Waals surface area contributed by atoms with Crippen LogP contribution in [0.3, 0.4) is 0 Å². The van der Waals surface area contributed by atoms with Gasteiger partial charge in [-0.25, -0.2) is 4.79 Å². The third-order valence-corrected chi connectivity index (χ3v) is 3.13. The summed E-state index contributed by atoms with van der Waals surface area (Å²) in [5, 5.41) is 20.0. The number of para-hydroxylation sites is 2. The monoisotopic (exact) mass is 317 g/mol. The third kappa shape index (κ3) is 3.49. The van der Waals surface area contributed by atoms with E-state index in [-0.39, 0.29) is 23.7 Å². The van der Waals surface area contributed by atoms with Crippen molar-refractivity contribution in [3.63, 3.8) is 0 Å². The summed E-state index contributed by atoms with van der Waals surface area (Å²) in [5.74, 6) is 0.590. The summed E-state index contributed by atoms with van der Waals surface area (Å²) in [5.41, 5.74) is 5.75. The number of carboxylic acid groups (broad SMARTS) is 1. The summed E-state index contributed by atoms with van der Waals surface area (Å²) < 4.78 is 5.65. The molecule has 1 amide bonds. The highest BCUT2D eigenvalue weighted by Gasteiger charge is 2.18. The van der Waals surface area contributed by atoms with E-state index in [1.54, 1.807) is 31.2 Å². The van der Waals surface area contributed by atoms with Gasteiger partial charge in [-0.2, -0.15) is 0 Å². The highest BCUT2D eigenvalue weighted by molar-refractivity contribution is 5.88. The van der Waals surface area contributed by atoms with Gasteiger partial charge in [0.2, 0.25) is 0 Å². The van der Waals surface area contributed by atoms with Crippen molar-refractivity contribution in [2.45, 2.75) is 6.92 Å². The Morgan fingerprint density at radius 3 is 2.61 bits per heavy atom. The largest absolute Gasteiger partial charge is 0.465 e. The molecule has 0 aliphatic heterocycles. The molecule has 0 saturated carbocycles. The smallest absolute Gasteiger partial charge is 0.411 e. The van der Waals surface area contributed by atoms with Gasteiger partial charge in [0.25, 0.3) is 5.69 Å². The van der Waals surface area contributed by atoms with E-state index in [0.29, 0.717) is 11.4 Å². The van der Waals surface area contributed by atoms with Gasteiger partial charge >= 0.3 is 6.09 Å². The molecule has 23 heavy (non-hydrogen) atoms. The average Bonchev–Trinajstić information content (AvgIpc) is 2.49. The molecule has 2 aromatic carbocycles. The van der Waals surface area contributed by atoms with E-state index in [0.717, 1.165) is 4.90 Å². The second-order valence-electron chi connectivity index (χ2n) is 4.57. The van der Waals surface area contributed by atoms with Crippen molar-refractivity contribution in [3.05, 3.63) is 52.6 Å². The number of nitro benzene ring substituents is 1. The van der Waals surface area contributed by atoms with E-state index in [9.17, 15) is 20.0 Å². The van der Waals surface area contributed by atoms with Gasteiger partial charge in [0.05, 0.1) is 10.6 Å². The molecule has 0 radical (unpaired) electrons. The number of nitrogen functional groups attached to an aromatic ring is 1. The Labute approximate surface area is 131 Å². The number of carbonyl (C=O) groups is 1. The minimum Gasteiger partial charge on any atom is -0.465 e. The van der Waals surface area contributed by atoms with Gasteiger partial charge in [-0.05, 0) is 25.1 Å². The van der Waals surface area contributed by atoms with Gasteiger partial charge in [0.1, 0.15) is 11.4 Å². The summed E-state index contributed by atoms with van der Waals surface area (Å²) in [6.45, 7) is 1.95. The Balaban J connectivity index is 2.36. The average molecular weight is 317 g/mol. The van der Waals surface area contributed by atoms with Crippen molar-refractivity contribution in [2.24, 2.45) is 0 Å². The fourth-order valence-corrected chi connectivity index (χ4v) is 2.06. The van der Waals surface area contributed by atoms with Gasteiger partial charge < -0.3 is 15.6 Å². The van der Waals surface area contributed by atoms with Crippen molar-refractivity contribution in [1.29, 1.82) is 0 Å². The second-order valence-corrected chi connectivity index (χ2v) is 4.57. The first-order chi connectivity index (χ1) is 10.9. The lowest BCUT2D eigenvalue weighted by Crippen LogP contribution is -2.28. The molecule has 0 atom stereocenters. The lowest BCUT2D eigenvalue weighted by atomic mass is 10.2. The third-order valence-electron chi connectivity index (χ3n) is 3.13. The standard InChI is InChI=1S/C15H15N3O5/c1-2-17(15(19)20)13-5-3-4-6-14(13)23-10-7-8-12(18(21)22)11(16)9-10/h3-9H,2,16H2,1H3,(H,19,20). The van der Waals surface area contributed by atoms with Crippen LogP contribution in [0.2, 0.25) is 0 Å². The summed E-state index contributed by atoms with van der Waals surface area (Å²) in [6, 6.07) is 10.6. The van der Waals surface area contributed by atoms with Crippen molar-refractivity contribution in [1.82, 2.24) is 0 Å². The molecule has 8 nitrogen and oxygen atoms in total. The van der Waals surface area contributed by atoms with Crippen LogP contribution in [0.25, 0.3) is 0 Å². The van der Waals surface area contributed by atoms with Gasteiger partial charge in [0, 0.05) is 18.7 Å². The molecule has 0 bridgehead atoms. The molecule has 0 aliphatic carbocycles. The van der Waals surface area contributed by atoms with E-state index in [1.807, 2.05) is 0 Å². The number of rotatable bonds is 5. The Kier molecular flexibility index (Phi) is 4.65. The number of hydrogen-bond donors (Lipinski definition) is 2. The molecule has 0 saturated heterocycles. The first-order valence-corrected chi connectivity index (χ1v) is 6.75. The van der Waals surface area contributed by atoms with E-state index >= 15 is 0 Å². The number of amides is 1. The Bertz CT molecular complexity index is 748. The molecule has 0 spiro atoms. The molecule has 0 fully saturated rings. The van der Waals surface area contributed by atoms with Gasteiger partial charge in [-0.15, -0.1) is 0 Å². The number of benzene rings is 2. The summed E-state index contributed by atoms with van der Waals surface area (Å²) in [4.78, 5) is 22.6. The van der Waals surface area contributed by atoms with E-state index < -0.39 is 11.0 Å². The zero-order chi connectivity index (χ0) is 17.0. The van der Waals surface area contributed by atoms with Crippen LogP contribution in [-0.4, -0.2) is 22.7 Å². The minimum absolute atomic E-state index is 0.0319. The van der Waals surface area contributed by atoms with Crippen LogP contribution in [0, 0.1) is 10.1 Å². The van der Waals surface area contributed by atoms with Crippen LogP contribution in [0.5, 0.6) is 11.5 Å². The zero-order valence-corrected chi connectivity index (χ0v) is 12.3. The van der Waals surface area contributed by atoms with Crippen molar-refractivity contribution in [3.8, 4) is 11.5 Å². The molecule has 120 valence electrons. The number of nitrogens with two attached hydrogens (primary N) is 1. The highest BCUT2D eigenvalue weighted by atomic mass is 16.6. The second kappa shape index (κ2) is 6.65. The maximum absolute atomic E-state index is 11.3. The summed E-state index contributed by atoms with van der Waals surface area (Å²) in [7, 11) is 0. The predicted octanol–water partition coefficient (Wildman–Crippen LogP) is 3.47. The molecule has 0 aromatic heterocycles. The van der Waals surface area contributed by atoms with E-state index in [1.165, 1.54) is 18.2 Å². The molecule has 3 N–H and O–H groups in total. The maximum Gasteiger partial charge on any atom is 0.411 e. The van der Waals surface area contributed by atoms with Gasteiger partial charge in [-0.1, -0.05) is 12.1 Å². The lowest BCUT2D eigenvalue weighted by molar-refractivity contribution is -0.383. The SMILES string of the molecule is CCN(C(=O)O)c1ccccc1Oc1ccc([N+](=O)[O-])c(N)c1. The van der Waals surface area contributed by atoms with Gasteiger partial charge in [-0.3, -0.25) is 15.0 Å². The quantitative estimate of drug-likeness (QED) is 0.495. The van der Waals surface area contributed by atoms with Crippen LogP contribution < -0.4 is 15.4 Å². The van der Waals surface area contributed by atoms with Crippen molar-refractivity contribution < 1.29 is 19.6 Å². The molecule has 8 heteroatoms. The van der Waals surface area contributed by atoms with Crippen LogP contribution >= 0.6 is 0 Å². The van der Waals surface area contributed by atoms with Gasteiger partial charge in [0.15, 0.2) is 5.75 Å². The maximum atomic E-state index is 11.3. The normalized spacial score (nSPS) is 10.1. The van der Waals surface area contributed by atoms with Crippen LogP contribution in [-0.2, 0) is 0 Å². The molecule has 2 aromatic rings. The molecule has 0 aliphatic rings. The molecule has 0 heterocycles. The minimum atomic E-state index is -1.10. The Hall–Kier alpha value is -3.29. The molecular weight excluding hydrogens is 302 g/mol. The summed E-state index contributed by atoms with van der Waals surface area (Å²) >= 11 is 0. The Morgan fingerprint density at radius 2 is 2.04 bits per heavy atom. The molecular formula is C15H15N3O5. The Morgan fingerprint density at radius 1 is 1.35 bits per heavy atom. The first kappa shape index (κ1) is 16.1. The molecule has 2 rings (SSSR count). The van der Waals surface area contributed by atoms with E-state index in [4.69, 9.17) is 10.5 Å². The summed E-state index contributed by atoms with van der Waals surface area (Å²) in [6.07, 6.45) is -1.10. The van der Waals surface area contributed by atoms with E-state index in [2.05, 4.69) is 0 Å². The first-order valence-electron chi connectivity index (χ1n) is 6.75. The van der Waals surface area contributed by atoms with Crippen LogP contribution in [0.15, 0.2) is 42.5 Å². The number of hydrogen-bond acceptors (Lipinski definition) is 5. The topological polar surface area (TPSA) is 119 Å². The number of anilines is 2.